The molecule has 2 N–H and O–H groups in total. The minimum Gasteiger partial charge on any atom is -0.399 e. The zero-order valence-corrected chi connectivity index (χ0v) is 14.5. The van der Waals surface area contributed by atoms with Crippen LogP contribution < -0.4 is 10.8 Å². The summed E-state index contributed by atoms with van der Waals surface area (Å²) in [6.07, 6.45) is 2.26. The second kappa shape index (κ2) is 6.05. The molecule has 0 amide bonds. The summed E-state index contributed by atoms with van der Waals surface area (Å²) in [6.45, 7) is 12.6. The average molecular weight is 302 g/mol. The summed E-state index contributed by atoms with van der Waals surface area (Å²) >= 11 is 0. The lowest BCUT2D eigenvalue weighted by Gasteiger charge is -2.35. The molecule has 22 heavy (non-hydrogen) atoms. The second-order valence-corrected chi connectivity index (χ2v) is 6.95. The zero-order chi connectivity index (χ0) is 16.5. The third kappa shape index (κ3) is 3.06. The van der Waals surface area contributed by atoms with Gasteiger partial charge in [-0.05, 0) is 52.6 Å². The Morgan fingerprint density at radius 1 is 1.27 bits per heavy atom. The molecule has 0 bridgehead atoms. The Balaban J connectivity index is 2.32. The van der Waals surface area contributed by atoms with Crippen LogP contribution in [0.25, 0.3) is 0 Å². The standard InChI is InChI=1S/C17H27BN2O2/c1-7-17(6)16(4,5)21-18(22-17)14-9-8-13(11-19)15(10-14)20-12(2)3/h8-12,19-20H,7H2,1-6H3. The maximum absolute atomic E-state index is 7.54. The predicted molar refractivity (Wildman–Crippen MR) is 93.4 cm³/mol. The van der Waals surface area contributed by atoms with Crippen molar-refractivity contribution in [3.63, 3.8) is 0 Å². The van der Waals surface area contributed by atoms with E-state index in [2.05, 4.69) is 46.9 Å². The summed E-state index contributed by atoms with van der Waals surface area (Å²) < 4.78 is 12.4. The average Bonchev–Trinajstić information content (AvgIpc) is 2.69. The van der Waals surface area contributed by atoms with Crippen molar-refractivity contribution < 1.29 is 9.31 Å². The predicted octanol–water partition coefficient (Wildman–Crippen LogP) is 3.19. The van der Waals surface area contributed by atoms with Crippen LogP contribution in [-0.2, 0) is 9.31 Å². The van der Waals surface area contributed by atoms with E-state index in [1.54, 1.807) is 0 Å². The molecule has 1 heterocycles. The highest BCUT2D eigenvalue weighted by Crippen LogP contribution is 2.39. The van der Waals surface area contributed by atoms with Crippen LogP contribution in [0.1, 0.15) is 53.5 Å². The Morgan fingerprint density at radius 3 is 2.45 bits per heavy atom. The molecule has 0 spiro atoms. The fourth-order valence-electron chi connectivity index (χ4n) is 2.72. The Morgan fingerprint density at radius 2 is 1.95 bits per heavy atom. The molecule has 120 valence electrons. The fraction of sp³-hybridized carbons (Fsp3) is 0.588. The second-order valence-electron chi connectivity index (χ2n) is 6.95. The normalized spacial score (nSPS) is 23.9. The van der Waals surface area contributed by atoms with Crippen LogP contribution in [0.5, 0.6) is 0 Å². The Bertz CT molecular complexity index is 560. The summed E-state index contributed by atoms with van der Waals surface area (Å²) in [6, 6.07) is 6.25. The van der Waals surface area contributed by atoms with Crippen molar-refractivity contribution in [1.82, 2.24) is 0 Å². The van der Waals surface area contributed by atoms with E-state index < -0.39 is 0 Å². The first-order valence-electron chi connectivity index (χ1n) is 7.99. The van der Waals surface area contributed by atoms with E-state index in [1.807, 2.05) is 18.2 Å². The van der Waals surface area contributed by atoms with Gasteiger partial charge in [-0.2, -0.15) is 0 Å². The van der Waals surface area contributed by atoms with Gasteiger partial charge >= 0.3 is 7.12 Å². The highest BCUT2D eigenvalue weighted by atomic mass is 16.7. The van der Waals surface area contributed by atoms with Crippen molar-refractivity contribution in [3.05, 3.63) is 23.8 Å². The van der Waals surface area contributed by atoms with Gasteiger partial charge in [-0.15, -0.1) is 0 Å². The molecule has 0 saturated carbocycles. The van der Waals surface area contributed by atoms with Crippen molar-refractivity contribution >= 4 is 24.5 Å². The summed E-state index contributed by atoms with van der Waals surface area (Å²) in [4.78, 5) is 0. The molecule has 2 rings (SSSR count). The summed E-state index contributed by atoms with van der Waals surface area (Å²) in [7, 11) is -0.368. The number of benzene rings is 1. The van der Waals surface area contributed by atoms with Gasteiger partial charge in [0.2, 0.25) is 0 Å². The minimum atomic E-state index is -0.368. The summed E-state index contributed by atoms with van der Waals surface area (Å²) in [5.41, 5.74) is 2.16. The maximum atomic E-state index is 7.54. The molecule has 0 aromatic heterocycles. The fourth-order valence-corrected chi connectivity index (χ4v) is 2.72. The lowest BCUT2D eigenvalue weighted by molar-refractivity contribution is -0.0118. The van der Waals surface area contributed by atoms with E-state index in [0.717, 1.165) is 23.1 Å². The first-order valence-corrected chi connectivity index (χ1v) is 7.99. The molecule has 1 aliphatic heterocycles. The molecule has 1 aromatic rings. The quantitative estimate of drug-likeness (QED) is 0.649. The van der Waals surface area contributed by atoms with Crippen LogP contribution in [0, 0.1) is 5.41 Å². The van der Waals surface area contributed by atoms with Crippen LogP contribution in [0.3, 0.4) is 0 Å². The molecule has 1 unspecified atom stereocenters. The maximum Gasteiger partial charge on any atom is 0.494 e. The van der Waals surface area contributed by atoms with Gasteiger partial charge in [0.25, 0.3) is 0 Å². The van der Waals surface area contributed by atoms with Crippen molar-refractivity contribution in [3.8, 4) is 0 Å². The molecular formula is C17H27BN2O2. The van der Waals surface area contributed by atoms with Crippen LogP contribution in [0.15, 0.2) is 18.2 Å². The van der Waals surface area contributed by atoms with Crippen molar-refractivity contribution in [2.24, 2.45) is 0 Å². The minimum absolute atomic E-state index is 0.302. The molecule has 1 aliphatic rings. The summed E-state index contributed by atoms with van der Waals surface area (Å²) in [5, 5.41) is 10.9. The Kier molecular flexibility index (Phi) is 4.69. The van der Waals surface area contributed by atoms with Gasteiger partial charge in [-0.1, -0.05) is 19.1 Å². The number of rotatable bonds is 5. The molecule has 1 aromatic carbocycles. The van der Waals surface area contributed by atoms with Gasteiger partial charge < -0.3 is 20.0 Å². The van der Waals surface area contributed by atoms with Crippen LogP contribution in [0.2, 0.25) is 0 Å². The highest BCUT2D eigenvalue weighted by Gasteiger charge is 2.53. The molecule has 0 radical (unpaired) electrons. The summed E-state index contributed by atoms with van der Waals surface area (Å²) in [5.74, 6) is 0. The molecule has 1 saturated heterocycles. The van der Waals surface area contributed by atoms with Gasteiger partial charge in [0, 0.05) is 23.5 Å². The third-order valence-electron chi connectivity index (χ3n) is 4.67. The molecule has 1 fully saturated rings. The number of hydrogen-bond donors (Lipinski definition) is 2. The number of anilines is 1. The first-order chi connectivity index (χ1) is 10.2. The van der Waals surface area contributed by atoms with Gasteiger partial charge in [0.05, 0.1) is 11.2 Å². The SMILES string of the molecule is CCC1(C)OB(c2ccc(C=N)c(NC(C)C)c2)OC1(C)C. The molecule has 4 nitrogen and oxygen atoms in total. The lowest BCUT2D eigenvalue weighted by atomic mass is 9.78. The smallest absolute Gasteiger partial charge is 0.399 e. The zero-order valence-electron chi connectivity index (χ0n) is 14.5. The van der Waals surface area contributed by atoms with Gasteiger partial charge in [0.15, 0.2) is 0 Å². The molecule has 0 aliphatic carbocycles. The lowest BCUT2D eigenvalue weighted by Crippen LogP contribution is -2.44. The molecule has 1 atom stereocenters. The largest absolute Gasteiger partial charge is 0.494 e. The molecular weight excluding hydrogens is 275 g/mol. The van der Waals surface area contributed by atoms with E-state index in [4.69, 9.17) is 14.7 Å². The number of nitrogens with one attached hydrogen (secondary N) is 2. The van der Waals surface area contributed by atoms with Gasteiger partial charge in [-0.3, -0.25) is 0 Å². The molecule has 5 heteroatoms. The Hall–Kier alpha value is -1.33. The van der Waals surface area contributed by atoms with E-state index >= 15 is 0 Å². The van der Waals surface area contributed by atoms with Crippen LogP contribution in [0.4, 0.5) is 5.69 Å². The third-order valence-corrected chi connectivity index (χ3v) is 4.67. The van der Waals surface area contributed by atoms with Gasteiger partial charge in [0.1, 0.15) is 0 Å². The monoisotopic (exact) mass is 302 g/mol. The van der Waals surface area contributed by atoms with E-state index in [1.165, 1.54) is 6.21 Å². The van der Waals surface area contributed by atoms with E-state index in [-0.39, 0.29) is 18.3 Å². The van der Waals surface area contributed by atoms with E-state index in [9.17, 15) is 0 Å². The van der Waals surface area contributed by atoms with E-state index in [0.29, 0.717) is 6.04 Å². The van der Waals surface area contributed by atoms with Crippen LogP contribution in [-0.4, -0.2) is 30.6 Å². The Labute approximate surface area is 134 Å². The highest BCUT2D eigenvalue weighted by molar-refractivity contribution is 6.62. The van der Waals surface area contributed by atoms with Crippen molar-refractivity contribution in [2.75, 3.05) is 5.32 Å². The first kappa shape index (κ1) is 17.0. The van der Waals surface area contributed by atoms with Crippen molar-refractivity contribution in [1.29, 1.82) is 5.41 Å². The van der Waals surface area contributed by atoms with Crippen LogP contribution >= 0.6 is 0 Å². The van der Waals surface area contributed by atoms with Gasteiger partial charge in [-0.25, -0.2) is 0 Å². The van der Waals surface area contributed by atoms with Crippen molar-refractivity contribution in [2.45, 2.75) is 65.2 Å². The topological polar surface area (TPSA) is 54.3 Å². The number of hydrogen-bond acceptors (Lipinski definition) is 4.